The number of rotatable bonds is 5. The number of sulfonamides is 1. The lowest BCUT2D eigenvalue weighted by Crippen LogP contribution is -2.48. The Morgan fingerprint density at radius 1 is 1.03 bits per heavy atom. The molecule has 0 unspecified atom stereocenters. The predicted octanol–water partition coefficient (Wildman–Crippen LogP) is 3.87. The topological polar surface area (TPSA) is 49.9 Å². The van der Waals surface area contributed by atoms with Gasteiger partial charge in [0.1, 0.15) is 5.75 Å². The van der Waals surface area contributed by atoms with Crippen molar-refractivity contribution in [1.29, 1.82) is 0 Å². The van der Waals surface area contributed by atoms with Crippen molar-refractivity contribution in [1.82, 2.24) is 9.21 Å². The zero-order valence-corrected chi connectivity index (χ0v) is 17.2. The van der Waals surface area contributed by atoms with Gasteiger partial charge < -0.3 is 4.74 Å². The predicted molar refractivity (Wildman–Crippen MR) is 103 cm³/mol. The molecule has 0 radical (unpaired) electrons. The molecule has 0 aliphatic carbocycles. The van der Waals surface area contributed by atoms with E-state index >= 15 is 0 Å². The van der Waals surface area contributed by atoms with Gasteiger partial charge in [-0.15, -0.1) is 0 Å². The normalized spacial score (nSPS) is 16.7. The van der Waals surface area contributed by atoms with Crippen molar-refractivity contribution in [3.63, 3.8) is 0 Å². The Kier molecular flexibility index (Phi) is 6.42. The molecule has 1 saturated heterocycles. The number of halogens is 4. The van der Waals surface area contributed by atoms with E-state index in [1.807, 2.05) is 24.3 Å². The molecule has 1 aliphatic heterocycles. The summed E-state index contributed by atoms with van der Waals surface area (Å²) < 4.78 is 71.9. The third kappa shape index (κ3) is 5.03. The highest BCUT2D eigenvalue weighted by Crippen LogP contribution is 2.37. The monoisotopic (exact) mass is 448 g/mol. The van der Waals surface area contributed by atoms with Crippen molar-refractivity contribution in [2.45, 2.75) is 17.6 Å². The van der Waals surface area contributed by atoms with Gasteiger partial charge in [0.15, 0.2) is 0 Å². The molecule has 0 bridgehead atoms. The van der Waals surface area contributed by atoms with Gasteiger partial charge >= 0.3 is 6.18 Å². The first-order valence-corrected chi connectivity index (χ1v) is 10.7. The van der Waals surface area contributed by atoms with Crippen molar-refractivity contribution in [2.24, 2.45) is 0 Å². The molecule has 1 aliphatic rings. The number of hydrogen-bond acceptors (Lipinski definition) is 4. The minimum atomic E-state index is -4.82. The van der Waals surface area contributed by atoms with Crippen molar-refractivity contribution in [3.05, 3.63) is 58.6 Å². The molecule has 10 heteroatoms. The molecule has 158 valence electrons. The Hall–Kier alpha value is -1.81. The molecule has 29 heavy (non-hydrogen) atoms. The summed E-state index contributed by atoms with van der Waals surface area (Å²) in [7, 11) is -2.70. The molecule has 1 fully saturated rings. The minimum absolute atomic E-state index is 0.110. The van der Waals surface area contributed by atoms with Gasteiger partial charge in [-0.1, -0.05) is 23.7 Å². The van der Waals surface area contributed by atoms with E-state index in [0.717, 1.165) is 27.8 Å². The summed E-state index contributed by atoms with van der Waals surface area (Å²) in [5, 5.41) is -0.166. The summed E-state index contributed by atoms with van der Waals surface area (Å²) in [6.07, 6.45) is -4.82. The average Bonchev–Trinajstić information content (AvgIpc) is 2.68. The van der Waals surface area contributed by atoms with E-state index in [9.17, 15) is 21.6 Å². The lowest BCUT2D eigenvalue weighted by Gasteiger charge is -2.34. The van der Waals surface area contributed by atoms with Crippen LogP contribution in [0.15, 0.2) is 47.4 Å². The maximum absolute atomic E-state index is 13.3. The van der Waals surface area contributed by atoms with Crippen LogP contribution in [-0.4, -0.2) is 50.9 Å². The number of nitrogens with zero attached hydrogens (tertiary/aromatic N) is 2. The van der Waals surface area contributed by atoms with Gasteiger partial charge in [-0.2, -0.15) is 17.5 Å². The van der Waals surface area contributed by atoms with Gasteiger partial charge in [0.25, 0.3) is 0 Å². The molecular weight excluding hydrogens is 429 g/mol. The number of alkyl halides is 3. The van der Waals surface area contributed by atoms with E-state index in [2.05, 4.69) is 4.90 Å². The van der Waals surface area contributed by atoms with Crippen LogP contribution in [0.3, 0.4) is 0 Å². The maximum atomic E-state index is 13.3. The van der Waals surface area contributed by atoms with Crippen molar-refractivity contribution >= 4 is 21.6 Å². The van der Waals surface area contributed by atoms with Crippen LogP contribution >= 0.6 is 11.6 Å². The number of benzene rings is 2. The fourth-order valence-corrected chi connectivity index (χ4v) is 4.99. The smallest absolute Gasteiger partial charge is 0.417 e. The first-order chi connectivity index (χ1) is 13.6. The minimum Gasteiger partial charge on any atom is -0.497 e. The lowest BCUT2D eigenvalue weighted by atomic mass is 10.2. The second kappa shape index (κ2) is 8.51. The Balaban J connectivity index is 1.71. The quantitative estimate of drug-likeness (QED) is 0.696. The zero-order chi connectivity index (χ0) is 21.2. The van der Waals surface area contributed by atoms with Gasteiger partial charge in [0, 0.05) is 37.7 Å². The van der Waals surface area contributed by atoms with Crippen LogP contribution in [0.4, 0.5) is 13.2 Å². The molecular formula is C19H20ClF3N2O3S. The summed E-state index contributed by atoms with van der Waals surface area (Å²) in [5.74, 6) is 0.744. The van der Waals surface area contributed by atoms with Crippen LogP contribution in [0.2, 0.25) is 5.02 Å². The van der Waals surface area contributed by atoms with Crippen LogP contribution in [0.25, 0.3) is 0 Å². The second-order valence-corrected chi connectivity index (χ2v) is 9.01. The molecule has 1 heterocycles. The zero-order valence-electron chi connectivity index (χ0n) is 15.6. The third-order valence-corrected chi connectivity index (χ3v) is 6.95. The molecule has 0 aromatic heterocycles. The fourth-order valence-electron chi connectivity index (χ4n) is 3.20. The Bertz CT molecular complexity index is 958. The second-order valence-electron chi connectivity index (χ2n) is 6.67. The number of methoxy groups -OCH3 is 1. The molecule has 0 atom stereocenters. The average molecular weight is 449 g/mol. The standard InChI is InChI=1S/C19H20ClF3N2O3S/c1-28-16-5-2-14(3-6-16)13-24-8-10-25(11-9-24)29(26,27)18-7-4-15(20)12-17(18)19(21,22)23/h2-7,12H,8-11,13H2,1H3. The van der Waals surface area contributed by atoms with Crippen LogP contribution in [-0.2, 0) is 22.7 Å². The highest BCUT2D eigenvalue weighted by atomic mass is 35.5. The molecule has 2 aromatic carbocycles. The molecule has 5 nitrogen and oxygen atoms in total. The molecule has 0 saturated carbocycles. The van der Waals surface area contributed by atoms with Crippen molar-refractivity contribution in [2.75, 3.05) is 33.3 Å². The Morgan fingerprint density at radius 3 is 2.21 bits per heavy atom. The van der Waals surface area contributed by atoms with Crippen LogP contribution in [0.5, 0.6) is 5.75 Å². The van der Waals surface area contributed by atoms with Crippen LogP contribution in [0.1, 0.15) is 11.1 Å². The van der Waals surface area contributed by atoms with E-state index in [-0.39, 0.29) is 18.1 Å². The maximum Gasteiger partial charge on any atom is 0.417 e. The van der Waals surface area contributed by atoms with Crippen molar-refractivity contribution in [3.8, 4) is 5.75 Å². The SMILES string of the molecule is COc1ccc(CN2CCN(S(=O)(=O)c3ccc(Cl)cc3C(F)(F)F)CC2)cc1. The highest BCUT2D eigenvalue weighted by Gasteiger charge is 2.40. The van der Waals surface area contributed by atoms with E-state index in [1.54, 1.807) is 7.11 Å². The molecule has 0 amide bonds. The summed E-state index contributed by atoms with van der Waals surface area (Å²) in [5.41, 5.74) is -0.204. The van der Waals surface area contributed by atoms with Gasteiger partial charge in [-0.3, -0.25) is 4.90 Å². The van der Waals surface area contributed by atoms with E-state index in [4.69, 9.17) is 16.3 Å². The highest BCUT2D eigenvalue weighted by molar-refractivity contribution is 7.89. The summed E-state index contributed by atoms with van der Waals surface area (Å²) in [6.45, 7) is 1.67. The number of ether oxygens (including phenoxy) is 1. The van der Waals surface area contributed by atoms with Gasteiger partial charge in [-0.05, 0) is 35.9 Å². The molecule has 0 N–H and O–H groups in total. The Labute approximate surface area is 172 Å². The number of piperazine rings is 1. The summed E-state index contributed by atoms with van der Waals surface area (Å²) >= 11 is 5.65. The summed E-state index contributed by atoms with van der Waals surface area (Å²) in [6, 6.07) is 10.3. The summed E-state index contributed by atoms with van der Waals surface area (Å²) in [4.78, 5) is 1.29. The van der Waals surface area contributed by atoms with E-state index in [0.29, 0.717) is 25.7 Å². The van der Waals surface area contributed by atoms with Gasteiger partial charge in [0.05, 0.1) is 17.6 Å². The number of hydrogen-bond donors (Lipinski definition) is 0. The first-order valence-electron chi connectivity index (χ1n) is 8.83. The first kappa shape index (κ1) is 21.9. The van der Waals surface area contributed by atoms with E-state index < -0.39 is 26.7 Å². The largest absolute Gasteiger partial charge is 0.497 e. The fraction of sp³-hybridized carbons (Fsp3) is 0.368. The lowest BCUT2D eigenvalue weighted by molar-refractivity contribution is -0.139. The third-order valence-electron chi connectivity index (χ3n) is 4.76. The van der Waals surface area contributed by atoms with Crippen LogP contribution in [0, 0.1) is 0 Å². The van der Waals surface area contributed by atoms with Crippen LogP contribution < -0.4 is 4.74 Å². The van der Waals surface area contributed by atoms with Gasteiger partial charge in [0.2, 0.25) is 10.0 Å². The molecule has 3 rings (SSSR count). The van der Waals surface area contributed by atoms with E-state index in [1.165, 1.54) is 0 Å². The molecule has 2 aromatic rings. The van der Waals surface area contributed by atoms with Crippen molar-refractivity contribution < 1.29 is 26.3 Å². The molecule has 0 spiro atoms. The van der Waals surface area contributed by atoms with Gasteiger partial charge in [-0.25, -0.2) is 8.42 Å². The Morgan fingerprint density at radius 2 is 1.66 bits per heavy atom.